The Morgan fingerprint density at radius 1 is 1.00 bits per heavy atom. The summed E-state index contributed by atoms with van der Waals surface area (Å²) >= 11 is 0. The molecule has 0 aliphatic carbocycles. The van der Waals surface area contributed by atoms with Crippen LogP contribution in [0.4, 0.5) is 14.6 Å². The lowest BCUT2D eigenvalue weighted by Gasteiger charge is -2.19. The third-order valence-corrected chi connectivity index (χ3v) is 4.95. The summed E-state index contributed by atoms with van der Waals surface area (Å²) in [6, 6.07) is 10.2. The first kappa shape index (κ1) is 19.0. The summed E-state index contributed by atoms with van der Waals surface area (Å²) in [4.78, 5) is 23.6. The Labute approximate surface area is 167 Å². The molecule has 7 heteroatoms. The monoisotopic (exact) mass is 394 g/mol. The zero-order valence-corrected chi connectivity index (χ0v) is 15.7. The summed E-state index contributed by atoms with van der Waals surface area (Å²) in [6.45, 7) is 1.83. The highest BCUT2D eigenvalue weighted by Crippen LogP contribution is 2.29. The lowest BCUT2D eigenvalue weighted by molar-refractivity contribution is 0.0950. The molecule has 0 bridgehead atoms. The quantitative estimate of drug-likeness (QED) is 0.712. The van der Waals surface area contributed by atoms with Crippen molar-refractivity contribution in [2.75, 3.05) is 18.0 Å². The zero-order chi connectivity index (χ0) is 20.2. The van der Waals surface area contributed by atoms with Gasteiger partial charge in [0.1, 0.15) is 17.3 Å². The van der Waals surface area contributed by atoms with E-state index in [0.29, 0.717) is 5.56 Å². The average Bonchev–Trinajstić information content (AvgIpc) is 3.29. The van der Waals surface area contributed by atoms with Crippen LogP contribution in [-0.4, -0.2) is 29.0 Å². The van der Waals surface area contributed by atoms with Crippen LogP contribution >= 0.6 is 0 Å². The van der Waals surface area contributed by atoms with Gasteiger partial charge in [-0.25, -0.2) is 13.8 Å². The Bertz CT molecular complexity index is 1020. The molecule has 0 spiro atoms. The van der Waals surface area contributed by atoms with E-state index >= 15 is 0 Å². The maximum absolute atomic E-state index is 13.7. The van der Waals surface area contributed by atoms with Gasteiger partial charge >= 0.3 is 0 Å². The zero-order valence-electron chi connectivity index (χ0n) is 15.7. The fourth-order valence-corrected chi connectivity index (χ4v) is 3.43. The van der Waals surface area contributed by atoms with Crippen molar-refractivity contribution in [2.24, 2.45) is 0 Å². The maximum Gasteiger partial charge on any atom is 0.251 e. The lowest BCUT2D eigenvalue weighted by atomic mass is 10.1. The van der Waals surface area contributed by atoms with Crippen LogP contribution in [0.5, 0.6) is 0 Å². The first-order chi connectivity index (χ1) is 14.1. The number of hydrogen-bond acceptors (Lipinski definition) is 4. The molecule has 29 heavy (non-hydrogen) atoms. The molecule has 1 fully saturated rings. The van der Waals surface area contributed by atoms with E-state index in [1.165, 1.54) is 0 Å². The number of carbonyl (C=O) groups excluding carboxylic acids is 1. The van der Waals surface area contributed by atoms with Gasteiger partial charge in [0.25, 0.3) is 5.91 Å². The normalized spacial score (nSPS) is 13.5. The molecular weight excluding hydrogens is 374 g/mol. The summed E-state index contributed by atoms with van der Waals surface area (Å²) in [6.07, 6.45) is 5.62. The van der Waals surface area contributed by atoms with Crippen LogP contribution in [0.25, 0.3) is 11.3 Å². The Morgan fingerprint density at radius 3 is 2.48 bits per heavy atom. The first-order valence-electron chi connectivity index (χ1n) is 9.50. The summed E-state index contributed by atoms with van der Waals surface area (Å²) < 4.78 is 26.9. The molecule has 1 aliphatic heterocycles. The van der Waals surface area contributed by atoms with E-state index in [1.807, 2.05) is 12.1 Å². The fourth-order valence-electron chi connectivity index (χ4n) is 3.43. The third kappa shape index (κ3) is 4.23. The molecule has 0 radical (unpaired) electrons. The summed E-state index contributed by atoms with van der Waals surface area (Å²) in [5.41, 5.74) is 2.18. The van der Waals surface area contributed by atoms with E-state index < -0.39 is 11.6 Å². The minimum Gasteiger partial charge on any atom is -0.355 e. The van der Waals surface area contributed by atoms with E-state index in [0.717, 1.165) is 61.2 Å². The minimum atomic E-state index is -0.556. The predicted octanol–water partition coefficient (Wildman–Crippen LogP) is 3.95. The number of nitrogens with one attached hydrogen (secondary N) is 1. The van der Waals surface area contributed by atoms with Gasteiger partial charge < -0.3 is 10.2 Å². The molecule has 5 nitrogen and oxygen atoms in total. The van der Waals surface area contributed by atoms with Gasteiger partial charge in [-0.2, -0.15) is 0 Å². The predicted molar refractivity (Wildman–Crippen MR) is 106 cm³/mol. The van der Waals surface area contributed by atoms with E-state index in [-0.39, 0.29) is 18.0 Å². The van der Waals surface area contributed by atoms with Crippen LogP contribution in [0.1, 0.15) is 28.8 Å². The molecule has 1 aromatic heterocycles. The number of amides is 1. The average molecular weight is 394 g/mol. The number of anilines is 1. The molecule has 3 aromatic rings. The molecule has 2 heterocycles. The molecule has 4 rings (SSSR count). The van der Waals surface area contributed by atoms with E-state index in [9.17, 15) is 13.6 Å². The van der Waals surface area contributed by atoms with Crippen molar-refractivity contribution < 1.29 is 13.6 Å². The number of rotatable bonds is 5. The van der Waals surface area contributed by atoms with Gasteiger partial charge in [-0.15, -0.1) is 0 Å². The van der Waals surface area contributed by atoms with E-state index in [4.69, 9.17) is 0 Å². The Balaban J connectivity index is 1.48. The Kier molecular flexibility index (Phi) is 5.46. The van der Waals surface area contributed by atoms with Gasteiger partial charge in [0, 0.05) is 48.7 Å². The van der Waals surface area contributed by atoms with Crippen LogP contribution < -0.4 is 10.2 Å². The highest BCUT2D eigenvalue weighted by molar-refractivity contribution is 5.94. The maximum atomic E-state index is 13.7. The number of benzene rings is 2. The van der Waals surface area contributed by atoms with Crippen molar-refractivity contribution in [2.45, 2.75) is 19.4 Å². The molecular formula is C22H20F2N4O. The van der Waals surface area contributed by atoms with Crippen molar-refractivity contribution >= 4 is 11.7 Å². The van der Waals surface area contributed by atoms with Crippen LogP contribution in [0.3, 0.4) is 0 Å². The van der Waals surface area contributed by atoms with Crippen molar-refractivity contribution in [3.8, 4) is 11.3 Å². The standard InChI is InChI=1S/C22H20F2N4O/c23-18-7-8-19(24)17(13-18)14-27-22(29)16-5-3-15(4-6-16)20-21(26-10-9-25-20)28-11-1-2-12-28/h3-10,13H,1-2,11-12,14H2,(H,27,29). The highest BCUT2D eigenvalue weighted by Gasteiger charge is 2.19. The number of carbonyl (C=O) groups is 1. The number of halogens is 2. The molecule has 1 N–H and O–H groups in total. The van der Waals surface area contributed by atoms with Crippen LogP contribution in [-0.2, 0) is 6.54 Å². The smallest absolute Gasteiger partial charge is 0.251 e. The Hall–Kier alpha value is -3.35. The number of nitrogens with zero attached hydrogens (tertiary/aromatic N) is 3. The number of aromatic nitrogens is 2. The van der Waals surface area contributed by atoms with E-state index in [2.05, 4.69) is 20.2 Å². The van der Waals surface area contributed by atoms with Gasteiger partial charge in [-0.3, -0.25) is 9.78 Å². The minimum absolute atomic E-state index is 0.0898. The molecule has 148 valence electrons. The third-order valence-electron chi connectivity index (χ3n) is 4.95. The van der Waals surface area contributed by atoms with Crippen LogP contribution in [0, 0.1) is 11.6 Å². The number of hydrogen-bond donors (Lipinski definition) is 1. The van der Waals surface area contributed by atoms with Crippen LogP contribution in [0.15, 0.2) is 54.9 Å². The molecule has 1 aliphatic rings. The van der Waals surface area contributed by atoms with Crippen molar-refractivity contribution in [1.82, 2.24) is 15.3 Å². The van der Waals surface area contributed by atoms with Gasteiger partial charge in [0.05, 0.1) is 0 Å². The summed E-state index contributed by atoms with van der Waals surface area (Å²) in [7, 11) is 0. The molecule has 1 amide bonds. The van der Waals surface area contributed by atoms with Crippen molar-refractivity contribution in [3.63, 3.8) is 0 Å². The van der Waals surface area contributed by atoms with Crippen LogP contribution in [0.2, 0.25) is 0 Å². The second-order valence-corrected chi connectivity index (χ2v) is 6.92. The second kappa shape index (κ2) is 8.34. The largest absolute Gasteiger partial charge is 0.355 e. The first-order valence-corrected chi connectivity index (χ1v) is 9.50. The molecule has 0 saturated carbocycles. The molecule has 1 saturated heterocycles. The van der Waals surface area contributed by atoms with Crippen molar-refractivity contribution in [3.05, 3.63) is 77.6 Å². The molecule has 0 unspecified atom stereocenters. The van der Waals surface area contributed by atoms with Gasteiger partial charge in [-0.1, -0.05) is 12.1 Å². The highest BCUT2D eigenvalue weighted by atomic mass is 19.1. The van der Waals surface area contributed by atoms with Gasteiger partial charge in [-0.05, 0) is 43.2 Å². The lowest BCUT2D eigenvalue weighted by Crippen LogP contribution is -2.23. The second-order valence-electron chi connectivity index (χ2n) is 6.92. The fraction of sp³-hybridized carbons (Fsp3) is 0.227. The summed E-state index contributed by atoms with van der Waals surface area (Å²) in [5, 5.41) is 2.62. The summed E-state index contributed by atoms with van der Waals surface area (Å²) in [5.74, 6) is -0.611. The van der Waals surface area contributed by atoms with Gasteiger partial charge in [0.2, 0.25) is 0 Å². The SMILES string of the molecule is O=C(NCc1cc(F)ccc1F)c1ccc(-c2nccnc2N2CCCC2)cc1. The molecule has 0 atom stereocenters. The van der Waals surface area contributed by atoms with E-state index in [1.54, 1.807) is 24.5 Å². The van der Waals surface area contributed by atoms with Gasteiger partial charge in [0.15, 0.2) is 5.82 Å². The van der Waals surface area contributed by atoms with Crippen molar-refractivity contribution in [1.29, 1.82) is 0 Å². The Morgan fingerprint density at radius 2 is 1.72 bits per heavy atom. The molecule has 2 aromatic carbocycles. The topological polar surface area (TPSA) is 58.1 Å².